The number of benzene rings is 2. The fourth-order valence-corrected chi connectivity index (χ4v) is 2.39. The minimum absolute atomic E-state index is 0.239. The Balaban J connectivity index is 2.77. The van der Waals surface area contributed by atoms with E-state index in [9.17, 15) is 0 Å². The molecule has 0 saturated carbocycles. The van der Waals surface area contributed by atoms with Crippen molar-refractivity contribution in [2.24, 2.45) is 0 Å². The van der Waals surface area contributed by atoms with Crippen molar-refractivity contribution in [2.75, 3.05) is 13.2 Å². The molecule has 2 aromatic rings. The molecule has 0 heterocycles. The van der Waals surface area contributed by atoms with Crippen molar-refractivity contribution in [3.8, 4) is 11.5 Å². The highest BCUT2D eigenvalue weighted by Gasteiger charge is 2.21. The van der Waals surface area contributed by atoms with Crippen molar-refractivity contribution >= 4 is 10.8 Å². The Labute approximate surface area is 119 Å². The summed E-state index contributed by atoms with van der Waals surface area (Å²) in [6.07, 6.45) is 0. The lowest BCUT2D eigenvalue weighted by atomic mass is 9.98. The van der Waals surface area contributed by atoms with Crippen molar-refractivity contribution in [3.05, 3.63) is 47.3 Å². The summed E-state index contributed by atoms with van der Waals surface area (Å²) in [5.74, 6) is 1.56. The normalized spacial score (nSPS) is 11.9. The van der Waals surface area contributed by atoms with Gasteiger partial charge in [0.25, 0.3) is 0 Å². The molecule has 0 amide bonds. The lowest BCUT2D eigenvalue weighted by Gasteiger charge is -2.16. The lowest BCUT2D eigenvalue weighted by molar-refractivity contribution is 0.323. The standard InChI is InChI=1S/C17H19NO2/c1-5-19-15-11-16(20-6-2)17(12(3)18-4)14-10-8-7-9-13(14)15/h7-12H,5-6H2,1-3H3. The summed E-state index contributed by atoms with van der Waals surface area (Å²) in [6.45, 7) is 14.3. The van der Waals surface area contributed by atoms with E-state index in [1.165, 1.54) is 0 Å². The number of hydrogen-bond donors (Lipinski definition) is 0. The average Bonchev–Trinajstić information content (AvgIpc) is 2.47. The van der Waals surface area contributed by atoms with Crippen molar-refractivity contribution in [2.45, 2.75) is 26.8 Å². The summed E-state index contributed by atoms with van der Waals surface area (Å²) in [5, 5.41) is 2.06. The second-order valence-electron chi connectivity index (χ2n) is 4.50. The summed E-state index contributed by atoms with van der Waals surface area (Å²) in [6, 6.07) is 9.68. The number of fused-ring (bicyclic) bond motifs is 1. The number of ether oxygens (including phenoxy) is 2. The van der Waals surface area contributed by atoms with Crippen LogP contribution in [0.25, 0.3) is 15.6 Å². The fraction of sp³-hybridized carbons (Fsp3) is 0.353. The topological polar surface area (TPSA) is 22.8 Å². The van der Waals surface area contributed by atoms with E-state index < -0.39 is 0 Å². The van der Waals surface area contributed by atoms with Gasteiger partial charge in [-0.1, -0.05) is 24.3 Å². The van der Waals surface area contributed by atoms with Crippen molar-refractivity contribution in [1.29, 1.82) is 0 Å². The van der Waals surface area contributed by atoms with Crippen molar-refractivity contribution in [1.82, 2.24) is 0 Å². The van der Waals surface area contributed by atoms with E-state index in [2.05, 4.69) is 4.85 Å². The summed E-state index contributed by atoms with van der Waals surface area (Å²) < 4.78 is 11.4. The number of nitrogens with zero attached hydrogens (tertiary/aromatic N) is 1. The Morgan fingerprint density at radius 2 is 1.65 bits per heavy atom. The highest BCUT2D eigenvalue weighted by atomic mass is 16.5. The zero-order valence-electron chi connectivity index (χ0n) is 12.1. The molecule has 0 aliphatic rings. The third-order valence-corrected chi connectivity index (χ3v) is 3.22. The van der Waals surface area contributed by atoms with Crippen LogP contribution in [-0.2, 0) is 0 Å². The van der Waals surface area contributed by atoms with Gasteiger partial charge in [-0.3, -0.25) is 0 Å². The highest BCUT2D eigenvalue weighted by Crippen LogP contribution is 2.40. The van der Waals surface area contributed by atoms with E-state index >= 15 is 0 Å². The molecule has 0 aliphatic heterocycles. The summed E-state index contributed by atoms with van der Waals surface area (Å²) in [5.41, 5.74) is 0.945. The SMILES string of the molecule is [C-]#[N+]C(C)c1c(OCC)cc(OCC)c2ccccc12. The molecule has 0 bridgehead atoms. The van der Waals surface area contributed by atoms with E-state index in [0.29, 0.717) is 13.2 Å². The smallest absolute Gasteiger partial charge is 0.250 e. The quantitative estimate of drug-likeness (QED) is 0.739. The first kappa shape index (κ1) is 14.2. The molecule has 0 N–H and O–H groups in total. The van der Waals surface area contributed by atoms with Gasteiger partial charge in [0.15, 0.2) is 0 Å². The van der Waals surface area contributed by atoms with Crippen molar-refractivity contribution in [3.63, 3.8) is 0 Å². The fourth-order valence-electron chi connectivity index (χ4n) is 2.39. The minimum atomic E-state index is -0.239. The molecule has 3 nitrogen and oxygen atoms in total. The lowest BCUT2D eigenvalue weighted by Crippen LogP contribution is -2.02. The largest absolute Gasteiger partial charge is 0.493 e. The molecule has 20 heavy (non-hydrogen) atoms. The van der Waals surface area contributed by atoms with Crippen LogP contribution in [0.1, 0.15) is 32.4 Å². The maximum absolute atomic E-state index is 7.32. The Morgan fingerprint density at radius 1 is 1.05 bits per heavy atom. The molecule has 0 spiro atoms. The molecule has 0 radical (unpaired) electrons. The van der Waals surface area contributed by atoms with E-state index in [-0.39, 0.29) is 6.04 Å². The Kier molecular flexibility index (Phi) is 4.47. The second kappa shape index (κ2) is 6.29. The zero-order valence-corrected chi connectivity index (χ0v) is 12.1. The van der Waals surface area contributed by atoms with Gasteiger partial charge in [-0.05, 0) is 13.8 Å². The Hall–Kier alpha value is -2.21. The van der Waals surface area contributed by atoms with Gasteiger partial charge in [0.05, 0.1) is 18.8 Å². The molecular weight excluding hydrogens is 250 g/mol. The molecule has 1 unspecified atom stereocenters. The Morgan fingerprint density at radius 3 is 2.25 bits per heavy atom. The third-order valence-electron chi connectivity index (χ3n) is 3.22. The maximum Gasteiger partial charge on any atom is 0.250 e. The minimum Gasteiger partial charge on any atom is -0.493 e. The first-order chi connectivity index (χ1) is 9.72. The summed E-state index contributed by atoms with van der Waals surface area (Å²) >= 11 is 0. The molecule has 0 fully saturated rings. The van der Waals surface area contributed by atoms with Gasteiger partial charge in [0.1, 0.15) is 11.5 Å². The van der Waals surface area contributed by atoms with Gasteiger partial charge >= 0.3 is 0 Å². The molecule has 104 valence electrons. The maximum atomic E-state index is 7.32. The Bertz CT molecular complexity index is 643. The number of hydrogen-bond acceptors (Lipinski definition) is 2. The molecule has 3 heteroatoms. The molecule has 1 atom stereocenters. The predicted octanol–water partition coefficient (Wildman–Crippen LogP) is 4.62. The van der Waals surface area contributed by atoms with Gasteiger partial charge in [0.2, 0.25) is 6.04 Å². The van der Waals surface area contributed by atoms with Crippen LogP contribution in [-0.4, -0.2) is 13.2 Å². The average molecular weight is 269 g/mol. The number of rotatable bonds is 5. The van der Waals surface area contributed by atoms with E-state index in [1.807, 2.05) is 51.1 Å². The molecular formula is C17H19NO2. The monoisotopic (exact) mass is 269 g/mol. The van der Waals surface area contributed by atoms with Crippen molar-refractivity contribution < 1.29 is 9.47 Å². The zero-order chi connectivity index (χ0) is 14.5. The van der Waals surface area contributed by atoms with Crippen LogP contribution in [0.5, 0.6) is 11.5 Å². The first-order valence-corrected chi connectivity index (χ1v) is 6.90. The third kappa shape index (κ3) is 2.55. The highest BCUT2D eigenvalue weighted by molar-refractivity contribution is 5.93. The molecule has 0 saturated heterocycles. The first-order valence-electron chi connectivity index (χ1n) is 6.90. The predicted molar refractivity (Wildman–Crippen MR) is 81.3 cm³/mol. The molecule has 2 aromatic carbocycles. The summed E-state index contributed by atoms with van der Waals surface area (Å²) in [7, 11) is 0. The van der Waals surface area contributed by atoms with Crippen LogP contribution in [0.2, 0.25) is 0 Å². The van der Waals surface area contributed by atoms with Crippen LogP contribution in [0.4, 0.5) is 0 Å². The van der Waals surface area contributed by atoms with Gasteiger partial charge in [-0.25, -0.2) is 6.57 Å². The van der Waals surface area contributed by atoms with E-state index in [4.69, 9.17) is 16.0 Å². The van der Waals surface area contributed by atoms with E-state index in [1.54, 1.807) is 0 Å². The second-order valence-corrected chi connectivity index (χ2v) is 4.50. The van der Waals surface area contributed by atoms with Gasteiger partial charge in [0, 0.05) is 23.8 Å². The van der Waals surface area contributed by atoms with Crippen LogP contribution in [0.3, 0.4) is 0 Å². The summed E-state index contributed by atoms with van der Waals surface area (Å²) in [4.78, 5) is 3.66. The van der Waals surface area contributed by atoms with Crippen LogP contribution in [0, 0.1) is 6.57 Å². The van der Waals surface area contributed by atoms with E-state index in [0.717, 1.165) is 27.8 Å². The van der Waals surface area contributed by atoms with Gasteiger partial charge in [-0.15, -0.1) is 0 Å². The molecule has 0 aliphatic carbocycles. The van der Waals surface area contributed by atoms with Crippen LogP contribution >= 0.6 is 0 Å². The molecule has 2 rings (SSSR count). The van der Waals surface area contributed by atoms with Crippen LogP contribution in [0.15, 0.2) is 30.3 Å². The molecule has 0 aromatic heterocycles. The van der Waals surface area contributed by atoms with Gasteiger partial charge in [-0.2, -0.15) is 0 Å². The van der Waals surface area contributed by atoms with Crippen LogP contribution < -0.4 is 9.47 Å². The van der Waals surface area contributed by atoms with Gasteiger partial charge < -0.3 is 14.3 Å².